The molecule has 28 heavy (non-hydrogen) atoms. The summed E-state index contributed by atoms with van der Waals surface area (Å²) in [6.07, 6.45) is 2.34. The van der Waals surface area contributed by atoms with Crippen molar-refractivity contribution in [3.8, 4) is 0 Å². The van der Waals surface area contributed by atoms with Crippen molar-refractivity contribution in [3.05, 3.63) is 41.2 Å². The Balaban J connectivity index is 0.00000225. The Hall–Kier alpha value is -2.18. The fourth-order valence-corrected chi connectivity index (χ4v) is 4.24. The minimum Gasteiger partial charge on any atom is -0.342 e. The minimum atomic E-state index is 0. The number of fused-ring (bicyclic) bond motifs is 3. The summed E-state index contributed by atoms with van der Waals surface area (Å²) >= 11 is 0. The van der Waals surface area contributed by atoms with Gasteiger partial charge in [0.25, 0.3) is 0 Å². The third-order valence-corrected chi connectivity index (χ3v) is 5.74. The van der Waals surface area contributed by atoms with Crippen molar-refractivity contribution < 1.29 is 4.79 Å². The second-order valence-electron chi connectivity index (χ2n) is 7.57. The number of carbonyl (C=O) groups excluding carboxylic acids is 1. The molecule has 1 N–H and O–H groups in total. The number of benzene rings is 1. The molecule has 3 aromatic rings. The summed E-state index contributed by atoms with van der Waals surface area (Å²) in [6.45, 7) is 6.85. The molecule has 0 spiro atoms. The lowest BCUT2D eigenvalue weighted by molar-refractivity contribution is -0.130. The first kappa shape index (κ1) is 20.6. The lowest BCUT2D eigenvalue weighted by atomic mass is 10.1. The summed E-state index contributed by atoms with van der Waals surface area (Å²) in [6, 6.07) is 8.08. The molecule has 0 aliphatic carbocycles. The largest absolute Gasteiger partial charge is 0.342 e. The molecule has 2 aromatic heterocycles. The van der Waals surface area contributed by atoms with Crippen LogP contribution in [0.25, 0.3) is 16.6 Å². The maximum atomic E-state index is 12.7. The molecule has 1 atom stereocenters. The fourth-order valence-electron chi connectivity index (χ4n) is 4.24. The maximum Gasteiger partial charge on any atom is 0.222 e. The van der Waals surface area contributed by atoms with Gasteiger partial charge in [0, 0.05) is 36.3 Å². The molecule has 1 aromatic carbocycles. The summed E-state index contributed by atoms with van der Waals surface area (Å²) in [5, 5.41) is 8.99. The molecule has 1 amide bonds. The molecule has 1 aliphatic heterocycles. The molecule has 4 rings (SSSR count). The molecule has 1 aliphatic rings. The van der Waals surface area contributed by atoms with Crippen LogP contribution in [0.4, 0.5) is 0 Å². The molecule has 0 bridgehead atoms. The highest BCUT2D eigenvalue weighted by Crippen LogP contribution is 2.23. The maximum absolute atomic E-state index is 12.7. The van der Waals surface area contributed by atoms with E-state index in [1.165, 1.54) is 0 Å². The van der Waals surface area contributed by atoms with E-state index in [9.17, 15) is 4.79 Å². The molecular formula is C21H28ClN5O. The summed E-state index contributed by atoms with van der Waals surface area (Å²) in [5.41, 5.74) is 5.05. The molecule has 1 fully saturated rings. The van der Waals surface area contributed by atoms with Crippen LogP contribution in [0.3, 0.4) is 0 Å². The topological polar surface area (TPSA) is 62.5 Å². The number of amides is 1. The van der Waals surface area contributed by atoms with E-state index < -0.39 is 0 Å². The van der Waals surface area contributed by atoms with Crippen molar-refractivity contribution in [2.75, 3.05) is 26.7 Å². The van der Waals surface area contributed by atoms with E-state index in [-0.39, 0.29) is 18.3 Å². The molecule has 6 nitrogen and oxygen atoms in total. The van der Waals surface area contributed by atoms with Gasteiger partial charge in [-0.05, 0) is 63.9 Å². The van der Waals surface area contributed by atoms with Gasteiger partial charge in [-0.15, -0.1) is 12.4 Å². The zero-order valence-electron chi connectivity index (χ0n) is 16.7. The predicted octanol–water partition coefficient (Wildman–Crippen LogP) is 2.92. The summed E-state index contributed by atoms with van der Waals surface area (Å²) in [7, 11) is 1.97. The number of nitrogens with zero attached hydrogens (tertiary/aromatic N) is 4. The second-order valence-corrected chi connectivity index (χ2v) is 7.57. The number of carbonyl (C=O) groups is 1. The normalized spacial score (nSPS) is 16.7. The van der Waals surface area contributed by atoms with Gasteiger partial charge in [-0.25, -0.2) is 9.50 Å². The minimum absolute atomic E-state index is 0. The first-order chi connectivity index (χ1) is 13.1. The lowest BCUT2D eigenvalue weighted by Crippen LogP contribution is -2.30. The van der Waals surface area contributed by atoms with Gasteiger partial charge in [0.1, 0.15) is 0 Å². The van der Waals surface area contributed by atoms with Gasteiger partial charge >= 0.3 is 0 Å². The van der Waals surface area contributed by atoms with Gasteiger partial charge in [-0.1, -0.05) is 12.1 Å². The Morgan fingerprint density at radius 1 is 1.29 bits per heavy atom. The van der Waals surface area contributed by atoms with Crippen LogP contribution in [0, 0.1) is 19.8 Å². The van der Waals surface area contributed by atoms with Gasteiger partial charge < -0.3 is 10.2 Å². The van der Waals surface area contributed by atoms with E-state index in [1.54, 1.807) is 0 Å². The van der Waals surface area contributed by atoms with E-state index in [4.69, 9.17) is 10.1 Å². The van der Waals surface area contributed by atoms with Crippen molar-refractivity contribution in [2.45, 2.75) is 33.1 Å². The number of rotatable bonds is 5. The Kier molecular flexibility index (Phi) is 6.20. The molecule has 0 saturated carbocycles. The van der Waals surface area contributed by atoms with Gasteiger partial charge in [-0.3, -0.25) is 4.79 Å². The molecule has 1 unspecified atom stereocenters. The number of aromatic nitrogens is 3. The zero-order valence-corrected chi connectivity index (χ0v) is 17.6. The highest BCUT2D eigenvalue weighted by atomic mass is 35.5. The second kappa shape index (κ2) is 8.45. The SMILES string of the molecule is CNCC1CCN(C(=O)CCc2c(C)nc3c4ccccc4nn3c2C)C1.Cl. The van der Waals surface area contributed by atoms with Crippen LogP contribution in [-0.4, -0.2) is 52.1 Å². The Morgan fingerprint density at radius 3 is 2.86 bits per heavy atom. The first-order valence-corrected chi connectivity index (χ1v) is 9.74. The summed E-state index contributed by atoms with van der Waals surface area (Å²) < 4.78 is 1.93. The van der Waals surface area contributed by atoms with Crippen LogP contribution >= 0.6 is 12.4 Å². The molecule has 3 heterocycles. The van der Waals surface area contributed by atoms with Gasteiger partial charge in [0.2, 0.25) is 5.91 Å². The average molecular weight is 402 g/mol. The number of hydrogen-bond donors (Lipinski definition) is 1. The Bertz CT molecular complexity index is 999. The van der Waals surface area contributed by atoms with Crippen molar-refractivity contribution in [3.63, 3.8) is 0 Å². The number of nitrogens with one attached hydrogen (secondary N) is 1. The van der Waals surface area contributed by atoms with E-state index >= 15 is 0 Å². The molecule has 150 valence electrons. The molecule has 1 saturated heterocycles. The molecular weight excluding hydrogens is 374 g/mol. The molecule has 7 heteroatoms. The number of likely N-dealkylation sites (tertiary alicyclic amines) is 1. The van der Waals surface area contributed by atoms with E-state index in [1.807, 2.05) is 41.6 Å². The number of halogens is 1. The van der Waals surface area contributed by atoms with Crippen molar-refractivity contribution in [2.24, 2.45) is 5.92 Å². The van der Waals surface area contributed by atoms with E-state index in [0.717, 1.165) is 59.6 Å². The monoisotopic (exact) mass is 401 g/mol. The Morgan fingerprint density at radius 2 is 2.07 bits per heavy atom. The van der Waals surface area contributed by atoms with Gasteiger partial charge in [0.15, 0.2) is 5.65 Å². The third kappa shape index (κ3) is 3.71. The predicted molar refractivity (Wildman–Crippen MR) is 114 cm³/mol. The number of aryl methyl sites for hydroxylation is 2. The van der Waals surface area contributed by atoms with Crippen molar-refractivity contribution in [1.29, 1.82) is 0 Å². The molecule has 0 radical (unpaired) electrons. The van der Waals surface area contributed by atoms with Crippen LogP contribution in [-0.2, 0) is 11.2 Å². The third-order valence-electron chi connectivity index (χ3n) is 5.74. The van der Waals surface area contributed by atoms with Crippen LogP contribution in [0.5, 0.6) is 0 Å². The Labute approximate surface area is 171 Å². The first-order valence-electron chi connectivity index (χ1n) is 9.74. The van der Waals surface area contributed by atoms with Crippen molar-refractivity contribution in [1.82, 2.24) is 24.8 Å². The smallest absolute Gasteiger partial charge is 0.222 e. The summed E-state index contributed by atoms with van der Waals surface area (Å²) in [4.78, 5) is 19.5. The average Bonchev–Trinajstić information content (AvgIpc) is 3.27. The van der Waals surface area contributed by atoms with Crippen molar-refractivity contribution >= 4 is 34.9 Å². The summed E-state index contributed by atoms with van der Waals surface area (Å²) in [5.74, 6) is 0.829. The number of hydrogen-bond acceptors (Lipinski definition) is 4. The highest BCUT2D eigenvalue weighted by Gasteiger charge is 2.25. The highest BCUT2D eigenvalue weighted by molar-refractivity contribution is 5.92. The van der Waals surface area contributed by atoms with Crippen LogP contribution < -0.4 is 5.32 Å². The quantitative estimate of drug-likeness (QED) is 0.714. The standard InChI is InChI=1S/C21H27N5O.ClH/c1-14-17(8-9-20(27)25-11-10-16(13-25)12-22-3)15(2)26-21(23-14)18-6-4-5-7-19(18)24-26;/h4-7,16,22H,8-13H2,1-3H3;1H. The van der Waals surface area contributed by atoms with Crippen LogP contribution in [0.2, 0.25) is 0 Å². The zero-order chi connectivity index (χ0) is 19.0. The fraction of sp³-hybridized carbons (Fsp3) is 0.476. The van der Waals surface area contributed by atoms with E-state index in [2.05, 4.69) is 18.3 Å². The van der Waals surface area contributed by atoms with Gasteiger partial charge in [0.05, 0.1) is 5.52 Å². The lowest BCUT2D eigenvalue weighted by Gasteiger charge is -2.17. The van der Waals surface area contributed by atoms with Gasteiger partial charge in [-0.2, -0.15) is 5.10 Å². The van der Waals surface area contributed by atoms with Crippen LogP contribution in [0.1, 0.15) is 29.8 Å². The van der Waals surface area contributed by atoms with E-state index in [0.29, 0.717) is 18.8 Å². The van der Waals surface area contributed by atoms with Crippen LogP contribution in [0.15, 0.2) is 24.3 Å².